The zero-order chi connectivity index (χ0) is 10.8. The molecule has 3 nitrogen and oxygen atoms in total. The average Bonchev–Trinajstić information content (AvgIpc) is 2.23. The van der Waals surface area contributed by atoms with Crippen LogP contribution in [0.25, 0.3) is 0 Å². The summed E-state index contributed by atoms with van der Waals surface area (Å²) in [5.74, 6) is -0.254. The standard InChI is InChI=1S/C10H17NO2S/c1-4-10(2)5-7(14-3)9(13)11-8(12)6-10/h7H,4-6H2,1-3H3,(H,11,12,13). The molecule has 0 spiro atoms. The van der Waals surface area contributed by atoms with E-state index in [4.69, 9.17) is 0 Å². The van der Waals surface area contributed by atoms with Crippen molar-refractivity contribution in [1.29, 1.82) is 0 Å². The van der Waals surface area contributed by atoms with Gasteiger partial charge in [-0.2, -0.15) is 11.8 Å². The van der Waals surface area contributed by atoms with E-state index in [1.165, 1.54) is 11.8 Å². The first kappa shape index (κ1) is 11.6. The maximum absolute atomic E-state index is 11.5. The molecule has 2 unspecified atom stereocenters. The minimum Gasteiger partial charge on any atom is -0.295 e. The average molecular weight is 215 g/mol. The lowest BCUT2D eigenvalue weighted by atomic mass is 9.80. The molecule has 4 heteroatoms. The molecule has 1 rings (SSSR count). The van der Waals surface area contributed by atoms with Crippen LogP contribution in [0.5, 0.6) is 0 Å². The molecule has 0 aromatic rings. The lowest BCUT2D eigenvalue weighted by Crippen LogP contribution is -2.34. The van der Waals surface area contributed by atoms with Crippen molar-refractivity contribution in [3.8, 4) is 0 Å². The van der Waals surface area contributed by atoms with E-state index in [2.05, 4.69) is 19.2 Å². The highest BCUT2D eigenvalue weighted by Gasteiger charge is 2.36. The topological polar surface area (TPSA) is 46.2 Å². The van der Waals surface area contributed by atoms with Gasteiger partial charge in [0.05, 0.1) is 5.25 Å². The van der Waals surface area contributed by atoms with Crippen LogP contribution in [0.15, 0.2) is 0 Å². The zero-order valence-corrected chi connectivity index (χ0v) is 9.74. The first-order chi connectivity index (χ1) is 6.50. The fourth-order valence-electron chi connectivity index (χ4n) is 1.72. The van der Waals surface area contributed by atoms with Crippen LogP contribution >= 0.6 is 11.8 Å². The van der Waals surface area contributed by atoms with E-state index >= 15 is 0 Å². The molecule has 0 bridgehead atoms. The summed E-state index contributed by atoms with van der Waals surface area (Å²) in [6.07, 6.45) is 4.11. The molecule has 1 aliphatic rings. The molecule has 0 radical (unpaired) electrons. The van der Waals surface area contributed by atoms with Crippen molar-refractivity contribution in [1.82, 2.24) is 5.32 Å². The molecule has 0 saturated carbocycles. The van der Waals surface area contributed by atoms with Crippen molar-refractivity contribution in [2.75, 3.05) is 6.26 Å². The smallest absolute Gasteiger partial charge is 0.239 e. The number of hydrogen-bond donors (Lipinski definition) is 1. The van der Waals surface area contributed by atoms with Crippen LogP contribution in [0.3, 0.4) is 0 Å². The third-order valence-corrected chi connectivity index (χ3v) is 3.91. The lowest BCUT2D eigenvalue weighted by molar-refractivity contribution is -0.129. The van der Waals surface area contributed by atoms with Crippen LogP contribution in [0, 0.1) is 5.41 Å². The molecule has 1 fully saturated rings. The van der Waals surface area contributed by atoms with Crippen molar-refractivity contribution >= 4 is 23.6 Å². The van der Waals surface area contributed by atoms with Crippen molar-refractivity contribution in [3.05, 3.63) is 0 Å². The van der Waals surface area contributed by atoms with Crippen LogP contribution in [0.4, 0.5) is 0 Å². The summed E-state index contributed by atoms with van der Waals surface area (Å²) in [6.45, 7) is 4.15. The van der Waals surface area contributed by atoms with E-state index in [0.29, 0.717) is 6.42 Å². The molecular formula is C10H17NO2S. The Morgan fingerprint density at radius 1 is 1.57 bits per heavy atom. The van der Waals surface area contributed by atoms with Crippen LogP contribution in [-0.2, 0) is 9.59 Å². The van der Waals surface area contributed by atoms with Gasteiger partial charge in [-0.15, -0.1) is 0 Å². The Labute approximate surface area is 89.0 Å². The van der Waals surface area contributed by atoms with Gasteiger partial charge in [-0.05, 0) is 18.1 Å². The Bertz CT molecular complexity index is 255. The van der Waals surface area contributed by atoms with Gasteiger partial charge < -0.3 is 0 Å². The molecule has 2 atom stereocenters. The molecular weight excluding hydrogens is 198 g/mol. The minimum absolute atomic E-state index is 0.0239. The van der Waals surface area contributed by atoms with Crippen molar-refractivity contribution < 1.29 is 9.59 Å². The summed E-state index contributed by atoms with van der Waals surface area (Å²) in [5.41, 5.74) is -0.0239. The summed E-state index contributed by atoms with van der Waals surface area (Å²) in [7, 11) is 0. The van der Waals surface area contributed by atoms with Gasteiger partial charge >= 0.3 is 0 Å². The number of imide groups is 1. The number of carbonyl (C=O) groups is 2. The second kappa shape index (κ2) is 4.34. The normalized spacial score (nSPS) is 33.8. The van der Waals surface area contributed by atoms with Crippen molar-refractivity contribution in [3.63, 3.8) is 0 Å². The highest BCUT2D eigenvalue weighted by Crippen LogP contribution is 2.36. The maximum Gasteiger partial charge on any atom is 0.239 e. The zero-order valence-electron chi connectivity index (χ0n) is 8.92. The largest absolute Gasteiger partial charge is 0.295 e. The fraction of sp³-hybridized carbons (Fsp3) is 0.800. The number of hydrogen-bond acceptors (Lipinski definition) is 3. The summed E-state index contributed by atoms with van der Waals surface area (Å²) in [5, 5.41) is 2.36. The number of nitrogens with one attached hydrogen (secondary N) is 1. The molecule has 0 aromatic heterocycles. The molecule has 1 saturated heterocycles. The van der Waals surface area contributed by atoms with Crippen LogP contribution in [0.1, 0.15) is 33.1 Å². The number of thioether (sulfide) groups is 1. The monoisotopic (exact) mass is 215 g/mol. The van der Waals surface area contributed by atoms with Gasteiger partial charge in [0.15, 0.2) is 0 Å². The second-order valence-corrected chi connectivity index (χ2v) is 5.22. The van der Waals surface area contributed by atoms with Gasteiger partial charge in [0, 0.05) is 6.42 Å². The Morgan fingerprint density at radius 3 is 2.71 bits per heavy atom. The Morgan fingerprint density at radius 2 is 2.21 bits per heavy atom. The highest BCUT2D eigenvalue weighted by atomic mass is 32.2. The molecule has 0 aromatic carbocycles. The third-order valence-electron chi connectivity index (χ3n) is 2.96. The Kier molecular flexibility index (Phi) is 3.59. The maximum atomic E-state index is 11.5. The van der Waals surface area contributed by atoms with Crippen molar-refractivity contribution in [2.45, 2.75) is 38.4 Å². The third kappa shape index (κ3) is 2.50. The van der Waals surface area contributed by atoms with Crippen LogP contribution in [0.2, 0.25) is 0 Å². The number of rotatable bonds is 2. The van der Waals surface area contributed by atoms with E-state index in [-0.39, 0.29) is 22.5 Å². The Balaban J connectivity index is 2.85. The van der Waals surface area contributed by atoms with Gasteiger partial charge in [0.2, 0.25) is 11.8 Å². The van der Waals surface area contributed by atoms with E-state index in [1.807, 2.05) is 6.26 Å². The van der Waals surface area contributed by atoms with Crippen molar-refractivity contribution in [2.24, 2.45) is 5.41 Å². The summed E-state index contributed by atoms with van der Waals surface area (Å²) >= 11 is 1.52. The molecule has 80 valence electrons. The molecule has 1 heterocycles. The summed E-state index contributed by atoms with van der Waals surface area (Å²) in [6, 6.07) is 0. The van der Waals surface area contributed by atoms with Gasteiger partial charge in [0.1, 0.15) is 0 Å². The molecule has 0 aliphatic carbocycles. The molecule has 14 heavy (non-hydrogen) atoms. The van der Waals surface area contributed by atoms with E-state index in [9.17, 15) is 9.59 Å². The molecule has 2 amide bonds. The summed E-state index contributed by atoms with van der Waals surface area (Å²) < 4.78 is 0. The number of carbonyl (C=O) groups excluding carboxylic acids is 2. The first-order valence-electron chi connectivity index (χ1n) is 4.87. The van der Waals surface area contributed by atoms with Crippen LogP contribution < -0.4 is 5.32 Å². The minimum atomic E-state index is -0.129. The van der Waals surface area contributed by atoms with Gasteiger partial charge in [0.25, 0.3) is 0 Å². The first-order valence-corrected chi connectivity index (χ1v) is 6.16. The van der Waals surface area contributed by atoms with Gasteiger partial charge in [-0.1, -0.05) is 20.3 Å². The SMILES string of the molecule is CCC1(C)CC(=O)NC(=O)C(SC)C1. The van der Waals surface area contributed by atoms with E-state index in [0.717, 1.165) is 12.8 Å². The molecule has 1 aliphatic heterocycles. The lowest BCUT2D eigenvalue weighted by Gasteiger charge is -2.26. The van der Waals surface area contributed by atoms with E-state index < -0.39 is 0 Å². The number of amides is 2. The highest BCUT2D eigenvalue weighted by molar-refractivity contribution is 7.99. The second-order valence-electron chi connectivity index (χ2n) is 4.18. The van der Waals surface area contributed by atoms with Crippen LogP contribution in [-0.4, -0.2) is 23.3 Å². The predicted octanol–water partition coefficient (Wildman–Crippen LogP) is 1.57. The quantitative estimate of drug-likeness (QED) is 0.711. The van der Waals surface area contributed by atoms with Gasteiger partial charge in [-0.3, -0.25) is 14.9 Å². The predicted molar refractivity (Wildman–Crippen MR) is 58.1 cm³/mol. The molecule has 1 N–H and O–H groups in total. The fourth-order valence-corrected chi connectivity index (χ4v) is 2.56. The summed E-state index contributed by atoms with van der Waals surface area (Å²) in [4.78, 5) is 22.9. The van der Waals surface area contributed by atoms with E-state index in [1.54, 1.807) is 0 Å². The van der Waals surface area contributed by atoms with Gasteiger partial charge in [-0.25, -0.2) is 0 Å². The Hall–Kier alpha value is -0.510.